The molecule has 1 aliphatic carbocycles. The van der Waals surface area contributed by atoms with E-state index in [1.165, 1.54) is 38.5 Å². The maximum atomic E-state index is 6.17. The molecule has 0 amide bonds. The Bertz CT molecular complexity index is 188. The zero-order valence-corrected chi connectivity index (χ0v) is 12.1. The number of hydrogen-bond acceptors (Lipinski definition) is 2. The van der Waals surface area contributed by atoms with Crippen molar-refractivity contribution in [1.29, 1.82) is 0 Å². The third-order valence-corrected chi connectivity index (χ3v) is 3.68. The maximum absolute atomic E-state index is 6.17. The summed E-state index contributed by atoms with van der Waals surface area (Å²) in [7, 11) is 0. The summed E-state index contributed by atoms with van der Waals surface area (Å²) >= 11 is 0. The maximum Gasteiger partial charge on any atom is 0.00670 e. The molecule has 1 saturated carbocycles. The first-order valence-electron chi connectivity index (χ1n) is 7.46. The van der Waals surface area contributed by atoms with E-state index in [0.29, 0.717) is 11.5 Å². The van der Waals surface area contributed by atoms with E-state index >= 15 is 0 Å². The van der Waals surface area contributed by atoms with Gasteiger partial charge in [0.05, 0.1) is 0 Å². The molecule has 1 rings (SSSR count). The van der Waals surface area contributed by atoms with Gasteiger partial charge in [-0.15, -0.1) is 0 Å². The number of nitrogens with one attached hydrogen (secondary N) is 1. The Kier molecular flexibility index (Phi) is 6.50. The van der Waals surface area contributed by atoms with Crippen LogP contribution in [0.5, 0.6) is 0 Å². The summed E-state index contributed by atoms with van der Waals surface area (Å²) in [6.07, 6.45) is 10.7. The van der Waals surface area contributed by atoms with Crippen LogP contribution in [0.4, 0.5) is 0 Å². The van der Waals surface area contributed by atoms with E-state index in [9.17, 15) is 0 Å². The minimum atomic E-state index is 0.355. The van der Waals surface area contributed by atoms with Crippen LogP contribution in [0.15, 0.2) is 0 Å². The topological polar surface area (TPSA) is 38.0 Å². The molecular formula is C15H32N2. The van der Waals surface area contributed by atoms with Crippen molar-refractivity contribution in [2.45, 2.75) is 84.2 Å². The SMILES string of the molecule is CC(C)(C)CC(N)CCNC1CCCCCC1. The average Bonchev–Trinajstić information content (AvgIpc) is 2.43. The molecular weight excluding hydrogens is 208 g/mol. The average molecular weight is 240 g/mol. The van der Waals surface area contributed by atoms with Crippen LogP contribution in [0.1, 0.15) is 72.1 Å². The molecule has 0 spiro atoms. The van der Waals surface area contributed by atoms with Crippen LogP contribution in [-0.4, -0.2) is 18.6 Å². The van der Waals surface area contributed by atoms with E-state index < -0.39 is 0 Å². The van der Waals surface area contributed by atoms with Crippen molar-refractivity contribution in [1.82, 2.24) is 5.32 Å². The van der Waals surface area contributed by atoms with Gasteiger partial charge in [0.15, 0.2) is 0 Å². The quantitative estimate of drug-likeness (QED) is 0.722. The molecule has 0 aromatic rings. The van der Waals surface area contributed by atoms with E-state index in [4.69, 9.17) is 5.73 Å². The molecule has 1 atom stereocenters. The van der Waals surface area contributed by atoms with Crippen LogP contribution in [0, 0.1) is 5.41 Å². The summed E-state index contributed by atoms with van der Waals surface area (Å²) in [5.41, 5.74) is 6.53. The van der Waals surface area contributed by atoms with E-state index in [1.807, 2.05) is 0 Å². The van der Waals surface area contributed by atoms with Crippen LogP contribution in [-0.2, 0) is 0 Å². The minimum absolute atomic E-state index is 0.355. The van der Waals surface area contributed by atoms with Gasteiger partial charge in [-0.1, -0.05) is 46.5 Å². The first-order chi connectivity index (χ1) is 7.97. The number of hydrogen-bond donors (Lipinski definition) is 2. The van der Waals surface area contributed by atoms with E-state index in [1.54, 1.807) is 0 Å². The summed E-state index contributed by atoms with van der Waals surface area (Å²) in [6, 6.07) is 1.12. The van der Waals surface area contributed by atoms with Gasteiger partial charge < -0.3 is 11.1 Å². The van der Waals surface area contributed by atoms with Gasteiger partial charge in [-0.25, -0.2) is 0 Å². The fourth-order valence-corrected chi connectivity index (χ4v) is 2.84. The highest BCUT2D eigenvalue weighted by atomic mass is 14.9. The normalized spacial score (nSPS) is 21.2. The molecule has 1 unspecified atom stereocenters. The van der Waals surface area contributed by atoms with Crippen molar-refractivity contribution in [2.24, 2.45) is 11.1 Å². The lowest BCUT2D eigenvalue weighted by Crippen LogP contribution is -2.34. The lowest BCUT2D eigenvalue weighted by Gasteiger charge is -2.24. The second kappa shape index (κ2) is 7.38. The van der Waals surface area contributed by atoms with Gasteiger partial charge in [-0.05, 0) is 37.6 Å². The van der Waals surface area contributed by atoms with Gasteiger partial charge in [-0.3, -0.25) is 0 Å². The summed E-state index contributed by atoms with van der Waals surface area (Å²) in [6.45, 7) is 7.91. The lowest BCUT2D eigenvalue weighted by atomic mass is 9.87. The lowest BCUT2D eigenvalue weighted by molar-refractivity contribution is 0.324. The van der Waals surface area contributed by atoms with E-state index in [2.05, 4.69) is 26.1 Å². The van der Waals surface area contributed by atoms with Crippen LogP contribution in [0.3, 0.4) is 0 Å². The predicted molar refractivity (Wildman–Crippen MR) is 76.2 cm³/mol. The molecule has 3 N–H and O–H groups in total. The van der Waals surface area contributed by atoms with Gasteiger partial charge in [0.2, 0.25) is 0 Å². The van der Waals surface area contributed by atoms with Gasteiger partial charge in [-0.2, -0.15) is 0 Å². The minimum Gasteiger partial charge on any atom is -0.328 e. The first kappa shape index (κ1) is 15.0. The Morgan fingerprint density at radius 2 is 1.71 bits per heavy atom. The summed E-state index contributed by atoms with van der Waals surface area (Å²) < 4.78 is 0. The molecule has 0 bridgehead atoms. The molecule has 1 aliphatic rings. The van der Waals surface area contributed by atoms with Crippen molar-refractivity contribution in [3.8, 4) is 0 Å². The van der Waals surface area contributed by atoms with Crippen molar-refractivity contribution < 1.29 is 0 Å². The van der Waals surface area contributed by atoms with Crippen molar-refractivity contribution in [2.75, 3.05) is 6.54 Å². The molecule has 0 saturated heterocycles. The van der Waals surface area contributed by atoms with E-state index in [-0.39, 0.29) is 0 Å². The van der Waals surface area contributed by atoms with Gasteiger partial charge in [0.25, 0.3) is 0 Å². The third-order valence-electron chi connectivity index (χ3n) is 3.68. The third kappa shape index (κ3) is 7.77. The Morgan fingerprint density at radius 1 is 1.12 bits per heavy atom. The second-order valence-electron chi connectivity index (χ2n) is 6.96. The van der Waals surface area contributed by atoms with E-state index in [0.717, 1.165) is 25.4 Å². The Hall–Kier alpha value is -0.0800. The highest BCUT2D eigenvalue weighted by Gasteiger charge is 2.16. The van der Waals surface area contributed by atoms with Crippen molar-refractivity contribution in [3.63, 3.8) is 0 Å². The molecule has 2 heteroatoms. The molecule has 17 heavy (non-hydrogen) atoms. The molecule has 0 radical (unpaired) electrons. The molecule has 0 aromatic heterocycles. The summed E-state index contributed by atoms with van der Waals surface area (Å²) in [4.78, 5) is 0. The Labute approximate surface area is 108 Å². The predicted octanol–water partition coefficient (Wildman–Crippen LogP) is 3.45. The van der Waals surface area contributed by atoms with Crippen molar-refractivity contribution >= 4 is 0 Å². The highest BCUT2D eigenvalue weighted by molar-refractivity contribution is 4.75. The smallest absolute Gasteiger partial charge is 0.00670 e. The highest BCUT2D eigenvalue weighted by Crippen LogP contribution is 2.21. The second-order valence-corrected chi connectivity index (χ2v) is 6.96. The van der Waals surface area contributed by atoms with Crippen LogP contribution in [0.25, 0.3) is 0 Å². The monoisotopic (exact) mass is 240 g/mol. The zero-order valence-electron chi connectivity index (χ0n) is 12.1. The van der Waals surface area contributed by atoms with Crippen LogP contribution >= 0.6 is 0 Å². The van der Waals surface area contributed by atoms with Crippen LogP contribution < -0.4 is 11.1 Å². The summed E-state index contributed by atoms with van der Waals surface area (Å²) in [5.74, 6) is 0. The summed E-state index contributed by atoms with van der Waals surface area (Å²) in [5, 5.41) is 3.70. The standard InChI is InChI=1S/C15H32N2/c1-15(2,3)12-13(16)10-11-17-14-8-6-4-5-7-9-14/h13-14,17H,4-12,16H2,1-3H3. The van der Waals surface area contributed by atoms with Crippen LogP contribution in [0.2, 0.25) is 0 Å². The fourth-order valence-electron chi connectivity index (χ4n) is 2.84. The fraction of sp³-hybridized carbons (Fsp3) is 1.00. The Morgan fingerprint density at radius 3 is 2.24 bits per heavy atom. The molecule has 0 aromatic carbocycles. The van der Waals surface area contributed by atoms with Gasteiger partial charge in [0.1, 0.15) is 0 Å². The van der Waals surface area contributed by atoms with Crippen molar-refractivity contribution in [3.05, 3.63) is 0 Å². The van der Waals surface area contributed by atoms with Gasteiger partial charge >= 0.3 is 0 Å². The zero-order chi connectivity index (χ0) is 12.7. The molecule has 2 nitrogen and oxygen atoms in total. The molecule has 1 fully saturated rings. The first-order valence-corrected chi connectivity index (χ1v) is 7.46. The number of nitrogens with two attached hydrogens (primary N) is 1. The Balaban J connectivity index is 2.09. The molecule has 0 heterocycles. The molecule has 102 valence electrons. The number of rotatable bonds is 5. The largest absolute Gasteiger partial charge is 0.328 e. The molecule has 0 aliphatic heterocycles. The van der Waals surface area contributed by atoms with Gasteiger partial charge in [0, 0.05) is 12.1 Å².